The van der Waals surface area contributed by atoms with Crippen LogP contribution in [0.1, 0.15) is 45.8 Å². The van der Waals surface area contributed by atoms with Crippen molar-refractivity contribution in [1.82, 2.24) is 0 Å². The van der Waals surface area contributed by atoms with Crippen LogP contribution in [-0.4, -0.2) is 5.91 Å². The number of amides is 1. The summed E-state index contributed by atoms with van der Waals surface area (Å²) in [5, 5.41) is 3.01. The molecule has 0 atom stereocenters. The first-order valence-electron chi connectivity index (χ1n) is 9.39. The van der Waals surface area contributed by atoms with E-state index in [2.05, 4.69) is 11.4 Å². The van der Waals surface area contributed by atoms with Gasteiger partial charge in [0.1, 0.15) is 18.1 Å². The molecule has 0 fully saturated rings. The van der Waals surface area contributed by atoms with Gasteiger partial charge in [0.15, 0.2) is 5.76 Å². The minimum atomic E-state index is -0.226. The van der Waals surface area contributed by atoms with Crippen molar-refractivity contribution >= 4 is 11.6 Å². The molecule has 0 saturated heterocycles. The van der Waals surface area contributed by atoms with E-state index >= 15 is 0 Å². The number of nitrogens with one attached hydrogen (secondary N) is 1. The molecule has 3 aromatic rings. The largest absolute Gasteiger partial charge is 0.486 e. The standard InChI is InChI=1S/C23H23NO3/c1-16-9-11-18(12-10-16)26-15-19-13-14-22(27-19)23(25)24-21-8-4-6-17-5-2-3-7-20(17)21/h4,6,8-14H,2-3,5,7,15H2,1H3,(H,24,25). The number of carbonyl (C=O) groups excluding carboxylic acids is 1. The molecule has 1 N–H and O–H groups in total. The van der Waals surface area contributed by atoms with Crippen LogP contribution in [0, 0.1) is 6.92 Å². The number of carbonyl (C=O) groups is 1. The maximum atomic E-state index is 12.6. The predicted molar refractivity (Wildman–Crippen MR) is 105 cm³/mol. The summed E-state index contributed by atoms with van der Waals surface area (Å²) in [4.78, 5) is 12.6. The molecule has 0 unspecified atom stereocenters. The number of hydrogen-bond acceptors (Lipinski definition) is 3. The zero-order valence-electron chi connectivity index (χ0n) is 15.5. The van der Waals surface area contributed by atoms with Gasteiger partial charge in [0, 0.05) is 5.69 Å². The lowest BCUT2D eigenvalue weighted by Crippen LogP contribution is -2.14. The van der Waals surface area contributed by atoms with Crippen LogP contribution in [0.3, 0.4) is 0 Å². The second-order valence-electron chi connectivity index (χ2n) is 6.97. The van der Waals surface area contributed by atoms with Crippen LogP contribution in [0.2, 0.25) is 0 Å². The molecule has 0 radical (unpaired) electrons. The van der Waals surface area contributed by atoms with Gasteiger partial charge < -0.3 is 14.5 Å². The SMILES string of the molecule is Cc1ccc(OCc2ccc(C(=O)Nc3cccc4c3CCCC4)o2)cc1. The quantitative estimate of drug-likeness (QED) is 0.671. The Morgan fingerprint density at radius 2 is 1.85 bits per heavy atom. The van der Waals surface area contributed by atoms with Gasteiger partial charge in [-0.15, -0.1) is 0 Å². The van der Waals surface area contributed by atoms with Crippen molar-refractivity contribution in [2.24, 2.45) is 0 Å². The molecule has 1 aliphatic rings. The molecule has 1 aliphatic carbocycles. The van der Waals surface area contributed by atoms with Gasteiger partial charge in [0.05, 0.1) is 0 Å². The molecular weight excluding hydrogens is 338 g/mol. The van der Waals surface area contributed by atoms with Crippen LogP contribution in [0.25, 0.3) is 0 Å². The van der Waals surface area contributed by atoms with E-state index in [0.717, 1.165) is 24.3 Å². The van der Waals surface area contributed by atoms with E-state index in [9.17, 15) is 4.79 Å². The first kappa shape index (κ1) is 17.4. The molecule has 2 aromatic carbocycles. The molecule has 1 amide bonds. The van der Waals surface area contributed by atoms with Crippen molar-refractivity contribution in [2.45, 2.75) is 39.2 Å². The molecular formula is C23H23NO3. The third kappa shape index (κ3) is 4.05. The average molecular weight is 361 g/mol. The fourth-order valence-corrected chi connectivity index (χ4v) is 3.45. The van der Waals surface area contributed by atoms with E-state index < -0.39 is 0 Å². The van der Waals surface area contributed by atoms with Gasteiger partial charge in [-0.25, -0.2) is 0 Å². The van der Waals surface area contributed by atoms with Gasteiger partial charge in [-0.1, -0.05) is 29.8 Å². The van der Waals surface area contributed by atoms with Crippen LogP contribution in [0.4, 0.5) is 5.69 Å². The smallest absolute Gasteiger partial charge is 0.291 e. The van der Waals surface area contributed by atoms with E-state index in [1.54, 1.807) is 12.1 Å². The van der Waals surface area contributed by atoms with E-state index in [0.29, 0.717) is 11.5 Å². The van der Waals surface area contributed by atoms with Crippen molar-refractivity contribution in [3.63, 3.8) is 0 Å². The third-order valence-electron chi connectivity index (χ3n) is 4.93. The van der Waals surface area contributed by atoms with Crippen LogP contribution >= 0.6 is 0 Å². The Morgan fingerprint density at radius 1 is 1.04 bits per heavy atom. The highest BCUT2D eigenvalue weighted by Crippen LogP contribution is 2.28. The summed E-state index contributed by atoms with van der Waals surface area (Å²) < 4.78 is 11.4. The Bertz CT molecular complexity index is 941. The van der Waals surface area contributed by atoms with Crippen LogP contribution < -0.4 is 10.1 Å². The van der Waals surface area contributed by atoms with Crippen molar-refractivity contribution in [1.29, 1.82) is 0 Å². The van der Waals surface area contributed by atoms with Crippen molar-refractivity contribution in [3.05, 3.63) is 82.8 Å². The number of fused-ring (bicyclic) bond motifs is 1. The Hall–Kier alpha value is -3.01. The lowest BCUT2D eigenvalue weighted by Gasteiger charge is -2.19. The fourth-order valence-electron chi connectivity index (χ4n) is 3.45. The van der Waals surface area contributed by atoms with Gasteiger partial charge in [-0.3, -0.25) is 4.79 Å². The first-order chi connectivity index (χ1) is 13.2. The van der Waals surface area contributed by atoms with Gasteiger partial charge in [0.2, 0.25) is 0 Å². The molecule has 27 heavy (non-hydrogen) atoms. The summed E-state index contributed by atoms with van der Waals surface area (Å²) in [6.07, 6.45) is 4.48. The van der Waals surface area contributed by atoms with Crippen molar-refractivity contribution in [2.75, 3.05) is 5.32 Å². The number of hydrogen-bond donors (Lipinski definition) is 1. The summed E-state index contributed by atoms with van der Waals surface area (Å²) in [5.74, 6) is 1.47. The lowest BCUT2D eigenvalue weighted by atomic mass is 9.90. The molecule has 0 bridgehead atoms. The molecule has 4 nitrogen and oxygen atoms in total. The Balaban J connectivity index is 1.41. The highest BCUT2D eigenvalue weighted by Gasteiger charge is 2.17. The maximum absolute atomic E-state index is 12.6. The normalized spacial score (nSPS) is 13.1. The van der Waals surface area contributed by atoms with Crippen LogP contribution in [0.15, 0.2) is 59.0 Å². The predicted octanol–water partition coefficient (Wildman–Crippen LogP) is 5.30. The number of ether oxygens (including phenoxy) is 1. The zero-order valence-corrected chi connectivity index (χ0v) is 15.5. The van der Waals surface area contributed by atoms with E-state index in [1.807, 2.05) is 43.3 Å². The molecule has 4 heteroatoms. The molecule has 0 aliphatic heterocycles. The number of rotatable bonds is 5. The summed E-state index contributed by atoms with van der Waals surface area (Å²) in [6, 6.07) is 17.4. The summed E-state index contributed by atoms with van der Waals surface area (Å²) in [6.45, 7) is 2.32. The van der Waals surface area contributed by atoms with E-state index in [1.165, 1.54) is 29.5 Å². The average Bonchev–Trinajstić information content (AvgIpc) is 3.17. The number of benzene rings is 2. The summed E-state index contributed by atoms with van der Waals surface area (Å²) in [7, 11) is 0. The van der Waals surface area contributed by atoms with Gasteiger partial charge in [-0.05, 0) is 74.1 Å². The summed E-state index contributed by atoms with van der Waals surface area (Å²) >= 11 is 0. The minimum Gasteiger partial charge on any atom is -0.486 e. The van der Waals surface area contributed by atoms with Crippen molar-refractivity contribution in [3.8, 4) is 5.75 Å². The Morgan fingerprint density at radius 3 is 2.70 bits per heavy atom. The highest BCUT2D eigenvalue weighted by atomic mass is 16.5. The van der Waals surface area contributed by atoms with Crippen molar-refractivity contribution < 1.29 is 13.9 Å². The topological polar surface area (TPSA) is 51.5 Å². The fraction of sp³-hybridized carbons (Fsp3) is 0.261. The first-order valence-corrected chi connectivity index (χ1v) is 9.39. The van der Waals surface area contributed by atoms with Gasteiger partial charge >= 0.3 is 0 Å². The number of aryl methyl sites for hydroxylation is 2. The second-order valence-corrected chi connectivity index (χ2v) is 6.97. The van der Waals surface area contributed by atoms with Crippen LogP contribution in [-0.2, 0) is 19.4 Å². The van der Waals surface area contributed by atoms with Crippen LogP contribution in [0.5, 0.6) is 5.75 Å². The highest BCUT2D eigenvalue weighted by molar-refractivity contribution is 6.02. The minimum absolute atomic E-state index is 0.226. The Labute approximate surface area is 159 Å². The maximum Gasteiger partial charge on any atom is 0.291 e. The zero-order chi connectivity index (χ0) is 18.6. The lowest BCUT2D eigenvalue weighted by molar-refractivity contribution is 0.0992. The molecule has 1 aromatic heterocycles. The molecule has 0 saturated carbocycles. The summed E-state index contributed by atoms with van der Waals surface area (Å²) in [5.41, 5.74) is 4.67. The third-order valence-corrected chi connectivity index (χ3v) is 4.93. The monoisotopic (exact) mass is 361 g/mol. The van der Waals surface area contributed by atoms with Gasteiger partial charge in [0.25, 0.3) is 5.91 Å². The molecule has 138 valence electrons. The molecule has 0 spiro atoms. The Kier molecular flexibility index (Phi) is 4.97. The number of furan rings is 1. The number of anilines is 1. The second kappa shape index (κ2) is 7.70. The van der Waals surface area contributed by atoms with E-state index in [-0.39, 0.29) is 12.5 Å². The van der Waals surface area contributed by atoms with E-state index in [4.69, 9.17) is 9.15 Å². The van der Waals surface area contributed by atoms with Gasteiger partial charge in [-0.2, -0.15) is 0 Å². The molecule has 4 rings (SSSR count). The molecule has 1 heterocycles.